The van der Waals surface area contributed by atoms with Crippen molar-refractivity contribution in [2.75, 3.05) is 0 Å². The van der Waals surface area contributed by atoms with Crippen molar-refractivity contribution in [2.24, 2.45) is 0 Å². The smallest absolute Gasteiger partial charge is 0.335 e. The molecule has 98 valence electrons. The maximum atomic E-state index is 11.0. The third-order valence-electron chi connectivity index (χ3n) is 2.93. The molecule has 5 heteroatoms. The van der Waals surface area contributed by atoms with Gasteiger partial charge in [0.15, 0.2) is 0 Å². The van der Waals surface area contributed by atoms with Gasteiger partial charge in [-0.2, -0.15) is 0 Å². The van der Waals surface area contributed by atoms with E-state index in [0.29, 0.717) is 5.75 Å². The predicted octanol–water partition coefficient (Wildman–Crippen LogP) is 3.36. The van der Waals surface area contributed by atoms with E-state index in [4.69, 9.17) is 9.84 Å². The second-order valence-corrected chi connectivity index (χ2v) is 5.81. The van der Waals surface area contributed by atoms with E-state index in [1.165, 1.54) is 0 Å². The van der Waals surface area contributed by atoms with Crippen LogP contribution in [-0.4, -0.2) is 22.2 Å². The fourth-order valence-electron chi connectivity index (χ4n) is 1.81. The molecule has 1 fully saturated rings. The number of carboxylic acids is 1. The van der Waals surface area contributed by atoms with E-state index < -0.39 is 5.97 Å². The molecule has 0 unspecified atom stereocenters. The molecule has 1 aromatic carbocycles. The number of aromatic nitrogens is 1. The van der Waals surface area contributed by atoms with Gasteiger partial charge >= 0.3 is 5.97 Å². The molecular weight excluding hydrogens is 262 g/mol. The molecule has 0 saturated heterocycles. The summed E-state index contributed by atoms with van der Waals surface area (Å²) in [5.41, 5.74) is 1.17. The Bertz CT molecular complexity index is 631. The molecule has 0 atom stereocenters. The van der Waals surface area contributed by atoms with Gasteiger partial charge in [-0.1, -0.05) is 0 Å². The van der Waals surface area contributed by atoms with Crippen LogP contribution in [0.5, 0.6) is 5.75 Å². The minimum absolute atomic E-state index is 0.233. The molecule has 1 heterocycles. The van der Waals surface area contributed by atoms with Gasteiger partial charge in [-0.15, -0.1) is 11.3 Å². The standard InChI is InChI=1S/C14H13NO3S/c1-8-15-7-13(19-8)11-5-2-9(14(16)17)6-12(11)18-10-3-4-10/h2,5-7,10H,3-4H2,1H3,(H,16,17). The zero-order valence-corrected chi connectivity index (χ0v) is 11.2. The quantitative estimate of drug-likeness (QED) is 0.929. The maximum Gasteiger partial charge on any atom is 0.335 e. The third kappa shape index (κ3) is 2.61. The Morgan fingerprint density at radius 2 is 2.26 bits per heavy atom. The number of hydrogen-bond donors (Lipinski definition) is 1. The van der Waals surface area contributed by atoms with Gasteiger partial charge in [0, 0.05) is 11.8 Å². The Kier molecular flexibility index (Phi) is 2.98. The van der Waals surface area contributed by atoms with Gasteiger partial charge < -0.3 is 9.84 Å². The van der Waals surface area contributed by atoms with Crippen molar-refractivity contribution in [3.05, 3.63) is 35.0 Å². The summed E-state index contributed by atoms with van der Waals surface area (Å²) in [6, 6.07) is 5.01. The monoisotopic (exact) mass is 275 g/mol. The maximum absolute atomic E-state index is 11.0. The summed E-state index contributed by atoms with van der Waals surface area (Å²) >= 11 is 1.58. The van der Waals surface area contributed by atoms with Gasteiger partial charge in [0.05, 0.1) is 21.6 Å². The highest BCUT2D eigenvalue weighted by atomic mass is 32.1. The highest BCUT2D eigenvalue weighted by molar-refractivity contribution is 7.15. The molecule has 0 bridgehead atoms. The fraction of sp³-hybridized carbons (Fsp3) is 0.286. The van der Waals surface area contributed by atoms with Crippen molar-refractivity contribution in [3.8, 4) is 16.2 Å². The number of rotatable bonds is 4. The van der Waals surface area contributed by atoms with Crippen LogP contribution in [-0.2, 0) is 0 Å². The van der Waals surface area contributed by atoms with Crippen LogP contribution < -0.4 is 4.74 Å². The van der Waals surface area contributed by atoms with Crippen molar-refractivity contribution in [3.63, 3.8) is 0 Å². The molecule has 19 heavy (non-hydrogen) atoms. The lowest BCUT2D eigenvalue weighted by Crippen LogP contribution is -2.01. The Balaban J connectivity index is 2.03. The van der Waals surface area contributed by atoms with Crippen LogP contribution in [0.25, 0.3) is 10.4 Å². The van der Waals surface area contributed by atoms with Crippen LogP contribution in [0.2, 0.25) is 0 Å². The number of carboxylic acid groups (broad SMARTS) is 1. The molecule has 3 rings (SSSR count). The minimum Gasteiger partial charge on any atom is -0.490 e. The van der Waals surface area contributed by atoms with Crippen LogP contribution in [0.3, 0.4) is 0 Å². The number of hydrogen-bond acceptors (Lipinski definition) is 4. The Hall–Kier alpha value is -1.88. The van der Waals surface area contributed by atoms with E-state index in [1.54, 1.807) is 35.7 Å². The summed E-state index contributed by atoms with van der Waals surface area (Å²) in [4.78, 5) is 16.3. The summed E-state index contributed by atoms with van der Waals surface area (Å²) in [5.74, 6) is -0.293. The van der Waals surface area contributed by atoms with Crippen molar-refractivity contribution in [2.45, 2.75) is 25.9 Å². The molecular formula is C14H13NO3S. The number of thiazole rings is 1. The Morgan fingerprint density at radius 3 is 2.84 bits per heavy atom. The largest absolute Gasteiger partial charge is 0.490 e. The number of ether oxygens (including phenoxy) is 1. The molecule has 1 aliphatic rings. The van der Waals surface area contributed by atoms with Crippen molar-refractivity contribution >= 4 is 17.3 Å². The molecule has 2 aromatic rings. The summed E-state index contributed by atoms with van der Waals surface area (Å²) in [7, 11) is 0. The molecule has 1 N–H and O–H groups in total. The van der Waals surface area contributed by atoms with Crippen LogP contribution in [0.15, 0.2) is 24.4 Å². The molecule has 4 nitrogen and oxygen atoms in total. The second-order valence-electron chi connectivity index (χ2n) is 4.58. The van der Waals surface area contributed by atoms with Crippen molar-refractivity contribution in [1.29, 1.82) is 0 Å². The van der Waals surface area contributed by atoms with E-state index in [2.05, 4.69) is 4.98 Å². The zero-order valence-electron chi connectivity index (χ0n) is 10.4. The first-order valence-corrected chi connectivity index (χ1v) is 6.92. The molecule has 0 spiro atoms. The lowest BCUT2D eigenvalue weighted by atomic mass is 10.1. The highest BCUT2D eigenvalue weighted by Crippen LogP contribution is 2.37. The van der Waals surface area contributed by atoms with Gasteiger partial charge in [-0.3, -0.25) is 0 Å². The van der Waals surface area contributed by atoms with Crippen LogP contribution in [0.4, 0.5) is 0 Å². The van der Waals surface area contributed by atoms with Crippen LogP contribution >= 0.6 is 11.3 Å². The van der Waals surface area contributed by atoms with Gasteiger partial charge in [0.1, 0.15) is 5.75 Å². The van der Waals surface area contributed by atoms with Crippen LogP contribution in [0.1, 0.15) is 28.2 Å². The van der Waals surface area contributed by atoms with E-state index >= 15 is 0 Å². The fourth-order valence-corrected chi connectivity index (χ4v) is 2.62. The highest BCUT2D eigenvalue weighted by Gasteiger charge is 2.25. The average Bonchev–Trinajstić information content (AvgIpc) is 3.09. The van der Waals surface area contributed by atoms with Crippen LogP contribution in [0, 0.1) is 6.92 Å². The van der Waals surface area contributed by atoms with E-state index in [9.17, 15) is 4.79 Å². The second kappa shape index (κ2) is 4.66. The zero-order chi connectivity index (χ0) is 13.4. The molecule has 0 aliphatic heterocycles. The number of aryl methyl sites for hydroxylation is 1. The first kappa shape index (κ1) is 12.2. The number of carbonyl (C=O) groups is 1. The van der Waals surface area contributed by atoms with E-state index in [-0.39, 0.29) is 11.7 Å². The number of aromatic carboxylic acids is 1. The van der Waals surface area contributed by atoms with Gasteiger partial charge in [0.2, 0.25) is 0 Å². The van der Waals surface area contributed by atoms with Gasteiger partial charge in [-0.25, -0.2) is 9.78 Å². The Morgan fingerprint density at radius 1 is 1.47 bits per heavy atom. The molecule has 0 amide bonds. The van der Waals surface area contributed by atoms with Crippen molar-refractivity contribution < 1.29 is 14.6 Å². The summed E-state index contributed by atoms with van der Waals surface area (Å²) in [6.45, 7) is 1.95. The number of nitrogens with zero attached hydrogens (tertiary/aromatic N) is 1. The topological polar surface area (TPSA) is 59.4 Å². The summed E-state index contributed by atoms with van der Waals surface area (Å²) < 4.78 is 5.83. The number of benzene rings is 1. The molecule has 1 saturated carbocycles. The SMILES string of the molecule is Cc1ncc(-c2ccc(C(=O)O)cc2OC2CC2)s1. The van der Waals surface area contributed by atoms with Gasteiger partial charge in [0.25, 0.3) is 0 Å². The molecule has 0 radical (unpaired) electrons. The lowest BCUT2D eigenvalue weighted by molar-refractivity contribution is 0.0696. The molecule has 1 aromatic heterocycles. The minimum atomic E-state index is -0.937. The first-order chi connectivity index (χ1) is 9.13. The Labute approximate surface area is 114 Å². The molecule has 1 aliphatic carbocycles. The summed E-state index contributed by atoms with van der Waals surface area (Å²) in [6.07, 6.45) is 4.11. The first-order valence-electron chi connectivity index (χ1n) is 6.10. The normalized spacial score (nSPS) is 14.4. The van der Waals surface area contributed by atoms with Crippen molar-refractivity contribution in [1.82, 2.24) is 4.98 Å². The predicted molar refractivity (Wildman–Crippen MR) is 72.9 cm³/mol. The lowest BCUT2D eigenvalue weighted by Gasteiger charge is -2.10. The van der Waals surface area contributed by atoms with E-state index in [0.717, 1.165) is 28.3 Å². The third-order valence-corrected chi connectivity index (χ3v) is 3.88. The summed E-state index contributed by atoms with van der Waals surface area (Å²) in [5, 5.41) is 10.0. The van der Waals surface area contributed by atoms with Gasteiger partial charge in [-0.05, 0) is 38.0 Å². The average molecular weight is 275 g/mol. The van der Waals surface area contributed by atoms with E-state index in [1.807, 2.05) is 6.92 Å².